The van der Waals surface area contributed by atoms with E-state index < -0.39 is 0 Å². The molecule has 0 aromatic heterocycles. The summed E-state index contributed by atoms with van der Waals surface area (Å²) in [5.74, 6) is 0.00107. The van der Waals surface area contributed by atoms with Crippen molar-refractivity contribution in [2.45, 2.75) is 6.42 Å². The molecular weight excluding hydrogens is 373 g/mol. The van der Waals surface area contributed by atoms with E-state index in [1.807, 2.05) is 17.0 Å². The minimum absolute atomic E-state index is 0.0352. The van der Waals surface area contributed by atoms with Crippen LogP contribution in [0.25, 0.3) is 0 Å². The SMILES string of the molecule is O=C1Cc2cc(N3CCN(C(=O)c4ccc(Cl)c(Cl)c4)CC3)ccc2N1. The molecule has 26 heavy (non-hydrogen) atoms. The third-order valence-electron chi connectivity index (χ3n) is 4.81. The number of benzene rings is 2. The van der Waals surface area contributed by atoms with Crippen molar-refractivity contribution < 1.29 is 9.59 Å². The first kappa shape index (κ1) is 17.2. The Morgan fingerprint density at radius 2 is 1.73 bits per heavy atom. The smallest absolute Gasteiger partial charge is 0.254 e. The van der Waals surface area contributed by atoms with E-state index in [-0.39, 0.29) is 11.8 Å². The van der Waals surface area contributed by atoms with Gasteiger partial charge in [-0.15, -0.1) is 0 Å². The fourth-order valence-electron chi connectivity index (χ4n) is 3.39. The van der Waals surface area contributed by atoms with Crippen LogP contribution >= 0.6 is 23.2 Å². The van der Waals surface area contributed by atoms with Gasteiger partial charge in [-0.25, -0.2) is 0 Å². The Kier molecular flexibility index (Phi) is 4.51. The minimum Gasteiger partial charge on any atom is -0.368 e. The standard InChI is InChI=1S/C19H17Cl2N3O2/c20-15-3-1-12(10-16(15)21)19(26)24-7-5-23(6-8-24)14-2-4-17-13(9-14)11-18(25)22-17/h1-4,9-10H,5-8,11H2,(H,22,25). The molecule has 134 valence electrons. The highest BCUT2D eigenvalue weighted by atomic mass is 35.5. The molecular formula is C19H17Cl2N3O2. The Labute approximate surface area is 161 Å². The van der Waals surface area contributed by atoms with Crippen LogP contribution in [0.15, 0.2) is 36.4 Å². The second kappa shape index (κ2) is 6.82. The molecule has 0 radical (unpaired) electrons. The Hall–Kier alpha value is -2.24. The zero-order chi connectivity index (χ0) is 18.3. The van der Waals surface area contributed by atoms with Crippen LogP contribution in [0.2, 0.25) is 10.0 Å². The summed E-state index contributed by atoms with van der Waals surface area (Å²) in [7, 11) is 0. The van der Waals surface area contributed by atoms with Gasteiger partial charge >= 0.3 is 0 Å². The van der Waals surface area contributed by atoms with Gasteiger partial charge in [-0.2, -0.15) is 0 Å². The lowest BCUT2D eigenvalue weighted by Crippen LogP contribution is -2.48. The molecule has 0 unspecified atom stereocenters. The Morgan fingerprint density at radius 1 is 0.962 bits per heavy atom. The summed E-state index contributed by atoms with van der Waals surface area (Å²) in [5.41, 5.74) is 3.56. The molecule has 0 bridgehead atoms. The summed E-state index contributed by atoms with van der Waals surface area (Å²) in [6, 6.07) is 11.0. The Balaban J connectivity index is 1.42. The highest BCUT2D eigenvalue weighted by Crippen LogP contribution is 2.29. The molecule has 0 atom stereocenters. The largest absolute Gasteiger partial charge is 0.368 e. The van der Waals surface area contributed by atoms with Gasteiger partial charge in [0.25, 0.3) is 5.91 Å². The third kappa shape index (κ3) is 3.24. The molecule has 4 rings (SSSR count). The summed E-state index contributed by atoms with van der Waals surface area (Å²) in [5, 5.41) is 3.67. The fraction of sp³-hybridized carbons (Fsp3) is 0.263. The van der Waals surface area contributed by atoms with Gasteiger partial charge in [0.05, 0.1) is 16.5 Å². The van der Waals surface area contributed by atoms with Crippen LogP contribution < -0.4 is 10.2 Å². The highest BCUT2D eigenvalue weighted by Gasteiger charge is 2.24. The molecule has 1 fully saturated rings. The van der Waals surface area contributed by atoms with E-state index in [1.54, 1.807) is 18.2 Å². The second-order valence-corrected chi connectivity index (χ2v) is 7.29. The number of piperazine rings is 1. The normalized spacial score (nSPS) is 16.5. The van der Waals surface area contributed by atoms with Crippen LogP contribution in [-0.2, 0) is 11.2 Å². The molecule has 2 aliphatic rings. The van der Waals surface area contributed by atoms with Crippen molar-refractivity contribution in [2.75, 3.05) is 36.4 Å². The zero-order valence-corrected chi connectivity index (χ0v) is 15.5. The minimum atomic E-state index is -0.0352. The van der Waals surface area contributed by atoms with Gasteiger partial charge in [-0.05, 0) is 42.0 Å². The highest BCUT2D eigenvalue weighted by molar-refractivity contribution is 6.42. The molecule has 1 saturated heterocycles. The van der Waals surface area contributed by atoms with Crippen molar-refractivity contribution in [2.24, 2.45) is 0 Å². The second-order valence-electron chi connectivity index (χ2n) is 6.47. The number of hydrogen-bond acceptors (Lipinski definition) is 3. The average molecular weight is 390 g/mol. The average Bonchev–Trinajstić information content (AvgIpc) is 3.02. The lowest BCUT2D eigenvalue weighted by Gasteiger charge is -2.36. The first-order valence-electron chi connectivity index (χ1n) is 8.43. The maximum absolute atomic E-state index is 12.7. The number of carbonyl (C=O) groups is 2. The molecule has 2 aromatic rings. The lowest BCUT2D eigenvalue weighted by atomic mass is 10.1. The van der Waals surface area contributed by atoms with Gasteiger partial charge in [0.2, 0.25) is 5.91 Å². The number of anilines is 2. The fourth-order valence-corrected chi connectivity index (χ4v) is 3.69. The van der Waals surface area contributed by atoms with E-state index in [0.717, 1.165) is 30.0 Å². The summed E-state index contributed by atoms with van der Waals surface area (Å²) >= 11 is 11.9. The van der Waals surface area contributed by atoms with E-state index in [1.165, 1.54) is 0 Å². The van der Waals surface area contributed by atoms with Crippen LogP contribution in [0.3, 0.4) is 0 Å². The van der Waals surface area contributed by atoms with Crippen molar-refractivity contribution in [3.05, 3.63) is 57.6 Å². The Morgan fingerprint density at radius 3 is 2.46 bits per heavy atom. The number of carbonyl (C=O) groups excluding carboxylic acids is 2. The zero-order valence-electron chi connectivity index (χ0n) is 14.0. The predicted molar refractivity (Wildman–Crippen MR) is 103 cm³/mol. The van der Waals surface area contributed by atoms with E-state index in [4.69, 9.17) is 23.2 Å². The maximum atomic E-state index is 12.7. The molecule has 2 heterocycles. The molecule has 2 amide bonds. The summed E-state index contributed by atoms with van der Waals surface area (Å²) in [6.07, 6.45) is 0.430. The predicted octanol–water partition coefficient (Wildman–Crippen LogP) is 3.45. The molecule has 1 N–H and O–H groups in total. The molecule has 7 heteroatoms. The van der Waals surface area contributed by atoms with E-state index in [0.29, 0.717) is 35.1 Å². The molecule has 2 aliphatic heterocycles. The molecule has 0 aliphatic carbocycles. The Bertz CT molecular complexity index is 892. The topological polar surface area (TPSA) is 52.7 Å². The van der Waals surface area contributed by atoms with Crippen molar-refractivity contribution >= 4 is 46.4 Å². The van der Waals surface area contributed by atoms with Gasteiger partial charge in [-0.1, -0.05) is 23.2 Å². The lowest BCUT2D eigenvalue weighted by molar-refractivity contribution is -0.115. The van der Waals surface area contributed by atoms with E-state index in [2.05, 4.69) is 16.3 Å². The van der Waals surface area contributed by atoms with Gasteiger partial charge in [0, 0.05) is 43.1 Å². The van der Waals surface area contributed by atoms with Crippen molar-refractivity contribution in [1.82, 2.24) is 4.90 Å². The number of amides is 2. The first-order chi connectivity index (χ1) is 12.5. The monoisotopic (exact) mass is 389 g/mol. The van der Waals surface area contributed by atoms with Crippen molar-refractivity contribution in [1.29, 1.82) is 0 Å². The first-order valence-corrected chi connectivity index (χ1v) is 9.19. The van der Waals surface area contributed by atoms with Gasteiger partial charge in [0.15, 0.2) is 0 Å². The van der Waals surface area contributed by atoms with Gasteiger partial charge in [0.1, 0.15) is 0 Å². The number of nitrogens with zero attached hydrogens (tertiary/aromatic N) is 2. The molecule has 2 aromatic carbocycles. The summed E-state index contributed by atoms with van der Waals surface area (Å²) in [6.45, 7) is 2.75. The van der Waals surface area contributed by atoms with Crippen LogP contribution in [-0.4, -0.2) is 42.9 Å². The molecule has 0 spiro atoms. The number of nitrogens with one attached hydrogen (secondary N) is 1. The van der Waals surface area contributed by atoms with Gasteiger partial charge in [-0.3, -0.25) is 9.59 Å². The number of fused-ring (bicyclic) bond motifs is 1. The van der Waals surface area contributed by atoms with Gasteiger partial charge < -0.3 is 15.1 Å². The number of hydrogen-bond donors (Lipinski definition) is 1. The van der Waals surface area contributed by atoms with Crippen molar-refractivity contribution in [3.8, 4) is 0 Å². The van der Waals surface area contributed by atoms with Crippen LogP contribution in [0.5, 0.6) is 0 Å². The van der Waals surface area contributed by atoms with E-state index in [9.17, 15) is 9.59 Å². The van der Waals surface area contributed by atoms with Crippen LogP contribution in [0.4, 0.5) is 11.4 Å². The van der Waals surface area contributed by atoms with Crippen LogP contribution in [0, 0.1) is 0 Å². The summed E-state index contributed by atoms with van der Waals surface area (Å²) in [4.78, 5) is 28.2. The summed E-state index contributed by atoms with van der Waals surface area (Å²) < 4.78 is 0. The van der Waals surface area contributed by atoms with Crippen LogP contribution in [0.1, 0.15) is 15.9 Å². The van der Waals surface area contributed by atoms with E-state index >= 15 is 0 Å². The third-order valence-corrected chi connectivity index (χ3v) is 5.55. The molecule has 5 nitrogen and oxygen atoms in total. The maximum Gasteiger partial charge on any atom is 0.254 e. The van der Waals surface area contributed by atoms with Crippen molar-refractivity contribution in [3.63, 3.8) is 0 Å². The quantitative estimate of drug-likeness (QED) is 0.855. The molecule has 0 saturated carbocycles. The number of rotatable bonds is 2. The number of halogens is 2.